The molecule has 1 atom stereocenters. The first kappa shape index (κ1) is 21.6. The van der Waals surface area contributed by atoms with Crippen LogP contribution in [0.3, 0.4) is 0 Å². The summed E-state index contributed by atoms with van der Waals surface area (Å²) >= 11 is 0. The van der Waals surface area contributed by atoms with Crippen molar-refractivity contribution in [3.8, 4) is 16.8 Å². The van der Waals surface area contributed by atoms with Crippen molar-refractivity contribution < 1.29 is 14.0 Å². The first-order valence-corrected chi connectivity index (χ1v) is 11.9. The van der Waals surface area contributed by atoms with E-state index in [0.717, 1.165) is 19.3 Å². The molecule has 9 heteroatoms. The van der Waals surface area contributed by atoms with E-state index < -0.39 is 11.5 Å². The minimum atomic E-state index is -0.564. The number of nitrogens with one attached hydrogen (secondary N) is 1. The molecule has 178 valence electrons. The summed E-state index contributed by atoms with van der Waals surface area (Å²) in [5.74, 6) is 0.448. The summed E-state index contributed by atoms with van der Waals surface area (Å²) in [6.45, 7) is 1.35. The van der Waals surface area contributed by atoms with E-state index in [-0.39, 0.29) is 35.6 Å². The standard InChI is InChI=1S/C26H24FN5O3/c27-20-13-18(17-3-5-21-19(12-17)23(33)7-9-28-21)4-6-22(20)32-24(29-30-26(32)35)11-15-8-10-31(14-15)25(34)16-1-2-16/h3-6,9,12-13,15-16H,1-2,7-8,10-11,14H2,(H,30,35)/t15-/m0/s1. The van der Waals surface area contributed by atoms with Gasteiger partial charge in [0.2, 0.25) is 5.91 Å². The number of carbonyl (C=O) groups is 2. The number of likely N-dealkylation sites (tertiary alicyclic amines) is 1. The second-order valence-electron chi connectivity index (χ2n) is 9.53. The summed E-state index contributed by atoms with van der Waals surface area (Å²) < 4.78 is 16.6. The average Bonchev–Trinajstić information content (AvgIpc) is 3.51. The quantitative estimate of drug-likeness (QED) is 0.613. The number of H-pyrrole nitrogens is 1. The number of nitrogens with zero attached hydrogens (tertiary/aromatic N) is 4. The van der Waals surface area contributed by atoms with Crippen molar-refractivity contribution in [3.63, 3.8) is 0 Å². The van der Waals surface area contributed by atoms with Gasteiger partial charge in [-0.25, -0.2) is 18.9 Å². The molecule has 3 heterocycles. The van der Waals surface area contributed by atoms with E-state index in [1.807, 2.05) is 4.90 Å². The highest BCUT2D eigenvalue weighted by Crippen LogP contribution is 2.34. The van der Waals surface area contributed by atoms with Crippen LogP contribution in [0.25, 0.3) is 16.8 Å². The van der Waals surface area contributed by atoms with Gasteiger partial charge in [-0.15, -0.1) is 0 Å². The highest BCUT2D eigenvalue weighted by atomic mass is 19.1. The zero-order valence-corrected chi connectivity index (χ0v) is 19.0. The highest BCUT2D eigenvalue weighted by molar-refractivity contribution is 6.10. The Labute approximate surface area is 200 Å². The van der Waals surface area contributed by atoms with Crippen LogP contribution in [0.1, 0.15) is 41.9 Å². The fraction of sp³-hybridized carbons (Fsp3) is 0.346. The third-order valence-electron chi connectivity index (χ3n) is 7.06. The van der Waals surface area contributed by atoms with Gasteiger partial charge >= 0.3 is 5.69 Å². The summed E-state index contributed by atoms with van der Waals surface area (Å²) in [6, 6.07) is 9.93. The van der Waals surface area contributed by atoms with Crippen molar-refractivity contribution >= 4 is 23.6 Å². The normalized spacial score (nSPS) is 19.3. The van der Waals surface area contributed by atoms with Gasteiger partial charge in [0.15, 0.2) is 5.78 Å². The number of halogens is 1. The molecule has 0 radical (unpaired) electrons. The molecule has 1 saturated carbocycles. The predicted molar refractivity (Wildman–Crippen MR) is 128 cm³/mol. The molecule has 6 rings (SSSR count). The molecule has 3 aromatic rings. The third kappa shape index (κ3) is 4.00. The first-order chi connectivity index (χ1) is 17.0. The molecule has 0 unspecified atom stereocenters. The van der Waals surface area contributed by atoms with Crippen molar-refractivity contribution in [2.45, 2.75) is 32.1 Å². The molecule has 1 aromatic heterocycles. The van der Waals surface area contributed by atoms with Crippen molar-refractivity contribution in [1.82, 2.24) is 19.7 Å². The van der Waals surface area contributed by atoms with E-state index in [1.165, 1.54) is 10.6 Å². The summed E-state index contributed by atoms with van der Waals surface area (Å²) in [6.07, 6.45) is 5.11. The number of fused-ring (bicyclic) bond motifs is 1. The molecule has 3 aliphatic rings. The van der Waals surface area contributed by atoms with Crippen molar-refractivity contribution in [2.75, 3.05) is 13.1 Å². The Hall–Kier alpha value is -3.88. The van der Waals surface area contributed by atoms with Crippen LogP contribution in [0.2, 0.25) is 0 Å². The fourth-order valence-corrected chi connectivity index (χ4v) is 5.02. The maximum atomic E-state index is 15.3. The summed E-state index contributed by atoms with van der Waals surface area (Å²) in [7, 11) is 0. The van der Waals surface area contributed by atoms with Crippen LogP contribution >= 0.6 is 0 Å². The summed E-state index contributed by atoms with van der Waals surface area (Å²) in [5, 5.41) is 6.60. The van der Waals surface area contributed by atoms with Crippen LogP contribution in [-0.4, -0.2) is 50.7 Å². The largest absolute Gasteiger partial charge is 0.348 e. The molecule has 2 aliphatic heterocycles. The lowest BCUT2D eigenvalue weighted by Crippen LogP contribution is -2.30. The number of amides is 1. The summed E-state index contributed by atoms with van der Waals surface area (Å²) in [5.41, 5.74) is 2.04. The van der Waals surface area contributed by atoms with E-state index in [1.54, 1.807) is 36.5 Å². The van der Waals surface area contributed by atoms with Gasteiger partial charge in [-0.1, -0.05) is 12.1 Å². The predicted octanol–water partition coefficient (Wildman–Crippen LogP) is 3.46. The van der Waals surface area contributed by atoms with Gasteiger partial charge in [0.25, 0.3) is 0 Å². The van der Waals surface area contributed by atoms with Gasteiger partial charge in [-0.2, -0.15) is 5.10 Å². The van der Waals surface area contributed by atoms with E-state index in [9.17, 15) is 14.4 Å². The lowest BCUT2D eigenvalue weighted by atomic mass is 9.97. The Balaban J connectivity index is 1.25. The highest BCUT2D eigenvalue weighted by Gasteiger charge is 2.37. The van der Waals surface area contributed by atoms with E-state index in [2.05, 4.69) is 15.2 Å². The Morgan fingerprint density at radius 3 is 2.69 bits per heavy atom. The first-order valence-electron chi connectivity index (χ1n) is 11.9. The minimum Gasteiger partial charge on any atom is -0.342 e. The molecule has 1 amide bonds. The van der Waals surface area contributed by atoms with Gasteiger partial charge in [0, 0.05) is 43.6 Å². The van der Waals surface area contributed by atoms with Crippen molar-refractivity contribution in [3.05, 3.63) is 64.1 Å². The molecule has 0 bridgehead atoms. The number of rotatable bonds is 5. The molecule has 1 saturated heterocycles. The molecule has 8 nitrogen and oxygen atoms in total. The van der Waals surface area contributed by atoms with Crippen LogP contribution < -0.4 is 5.69 Å². The van der Waals surface area contributed by atoms with Gasteiger partial charge in [0.1, 0.15) is 11.6 Å². The molecule has 0 spiro atoms. The topological polar surface area (TPSA) is 100 Å². The molecular formula is C26H24FN5O3. The van der Waals surface area contributed by atoms with Crippen molar-refractivity contribution in [1.29, 1.82) is 0 Å². The zero-order chi connectivity index (χ0) is 24.1. The lowest BCUT2D eigenvalue weighted by Gasteiger charge is -2.16. The van der Waals surface area contributed by atoms with Crippen molar-refractivity contribution in [2.24, 2.45) is 16.8 Å². The Kier molecular flexibility index (Phi) is 5.20. The van der Waals surface area contributed by atoms with Gasteiger partial charge in [0.05, 0.1) is 11.4 Å². The smallest absolute Gasteiger partial charge is 0.342 e. The maximum Gasteiger partial charge on any atom is 0.348 e. The number of benzene rings is 2. The van der Waals surface area contributed by atoms with Gasteiger partial charge in [-0.05, 0) is 60.6 Å². The van der Waals surface area contributed by atoms with E-state index in [4.69, 9.17) is 0 Å². The molecule has 1 N–H and O–H groups in total. The lowest BCUT2D eigenvalue weighted by molar-refractivity contribution is -0.131. The zero-order valence-electron chi connectivity index (χ0n) is 19.0. The number of Topliss-reactive ketones (excluding diaryl/α,β-unsaturated/α-hetero) is 1. The minimum absolute atomic E-state index is 0.0205. The molecular weight excluding hydrogens is 449 g/mol. The van der Waals surface area contributed by atoms with Crippen LogP contribution in [0.15, 0.2) is 46.2 Å². The monoisotopic (exact) mass is 473 g/mol. The maximum absolute atomic E-state index is 15.3. The number of carbonyl (C=O) groups excluding carboxylic acids is 2. The second kappa shape index (κ2) is 8.41. The number of aromatic nitrogens is 3. The second-order valence-corrected chi connectivity index (χ2v) is 9.53. The van der Waals surface area contributed by atoms with Gasteiger partial charge in [-0.3, -0.25) is 14.6 Å². The van der Waals surface area contributed by atoms with Crippen LogP contribution in [0.4, 0.5) is 10.1 Å². The Morgan fingerprint density at radius 1 is 1.09 bits per heavy atom. The number of hydrogen-bond acceptors (Lipinski definition) is 5. The summed E-state index contributed by atoms with van der Waals surface area (Å²) in [4.78, 5) is 43.3. The van der Waals surface area contributed by atoms with Crippen LogP contribution in [-0.2, 0) is 11.2 Å². The molecule has 2 fully saturated rings. The SMILES string of the molecule is O=C1CC=Nc2ccc(-c3ccc(-n4c(C[C@@H]5CCN(C(=O)C6CC6)C5)n[nH]c4=O)c(F)c3)cc21. The Morgan fingerprint density at radius 2 is 1.89 bits per heavy atom. The number of hydrogen-bond donors (Lipinski definition) is 1. The third-order valence-corrected chi connectivity index (χ3v) is 7.06. The number of aromatic amines is 1. The molecule has 1 aliphatic carbocycles. The van der Waals surface area contributed by atoms with E-state index >= 15 is 4.39 Å². The number of aliphatic imine (C=N–C) groups is 1. The fourth-order valence-electron chi connectivity index (χ4n) is 5.02. The number of ketones is 1. The average molecular weight is 474 g/mol. The van der Waals surface area contributed by atoms with Crippen LogP contribution in [0.5, 0.6) is 0 Å². The van der Waals surface area contributed by atoms with Crippen LogP contribution in [0, 0.1) is 17.7 Å². The van der Waals surface area contributed by atoms with Gasteiger partial charge < -0.3 is 4.90 Å². The molecule has 35 heavy (non-hydrogen) atoms. The molecule has 2 aromatic carbocycles. The van der Waals surface area contributed by atoms with E-state index in [0.29, 0.717) is 47.7 Å². The Bertz CT molecular complexity index is 1430.